The zero-order chi connectivity index (χ0) is 14.1. The van der Waals surface area contributed by atoms with E-state index in [1.807, 2.05) is 25.5 Å². The van der Waals surface area contributed by atoms with Crippen LogP contribution in [0.25, 0.3) is 16.8 Å². The molecule has 102 valence electrons. The van der Waals surface area contributed by atoms with Gasteiger partial charge in [0, 0.05) is 25.4 Å². The van der Waals surface area contributed by atoms with Gasteiger partial charge in [-0.2, -0.15) is 10.2 Å². The molecule has 20 heavy (non-hydrogen) atoms. The summed E-state index contributed by atoms with van der Waals surface area (Å²) in [7, 11) is 1.84. The summed E-state index contributed by atoms with van der Waals surface area (Å²) in [6, 6.07) is 4.78. The lowest BCUT2D eigenvalue weighted by Crippen LogP contribution is -1.97. The van der Waals surface area contributed by atoms with Crippen molar-refractivity contribution in [1.82, 2.24) is 19.6 Å². The van der Waals surface area contributed by atoms with Gasteiger partial charge in [-0.25, -0.2) is 9.07 Å². The van der Waals surface area contributed by atoms with Crippen molar-refractivity contribution in [3.8, 4) is 16.8 Å². The van der Waals surface area contributed by atoms with E-state index in [1.165, 1.54) is 12.1 Å². The van der Waals surface area contributed by atoms with Gasteiger partial charge >= 0.3 is 0 Å². The summed E-state index contributed by atoms with van der Waals surface area (Å²) >= 11 is 0. The second-order valence-corrected chi connectivity index (χ2v) is 4.60. The van der Waals surface area contributed by atoms with Crippen molar-refractivity contribution in [2.24, 2.45) is 12.8 Å². The number of halogens is 1. The van der Waals surface area contributed by atoms with Crippen LogP contribution in [0, 0.1) is 5.82 Å². The normalized spacial score (nSPS) is 10.9. The second-order valence-electron chi connectivity index (χ2n) is 4.60. The first-order valence-corrected chi connectivity index (χ1v) is 6.19. The van der Waals surface area contributed by atoms with Crippen molar-refractivity contribution in [2.75, 3.05) is 0 Å². The van der Waals surface area contributed by atoms with Gasteiger partial charge in [-0.3, -0.25) is 4.68 Å². The molecule has 5 nitrogen and oxygen atoms in total. The van der Waals surface area contributed by atoms with Gasteiger partial charge in [0.2, 0.25) is 0 Å². The summed E-state index contributed by atoms with van der Waals surface area (Å²) < 4.78 is 16.9. The zero-order valence-electron chi connectivity index (χ0n) is 11.0. The minimum atomic E-state index is -0.294. The first-order valence-electron chi connectivity index (χ1n) is 6.19. The number of aromatic nitrogens is 4. The highest BCUT2D eigenvalue weighted by Gasteiger charge is 2.07. The molecule has 0 saturated heterocycles. The van der Waals surface area contributed by atoms with E-state index in [9.17, 15) is 4.39 Å². The third-order valence-electron chi connectivity index (χ3n) is 3.06. The largest absolute Gasteiger partial charge is 0.326 e. The van der Waals surface area contributed by atoms with Gasteiger partial charge < -0.3 is 5.73 Å². The molecular formula is C14H14FN5. The lowest BCUT2D eigenvalue weighted by atomic mass is 10.1. The van der Waals surface area contributed by atoms with Gasteiger partial charge in [-0.05, 0) is 29.3 Å². The molecule has 2 aromatic heterocycles. The van der Waals surface area contributed by atoms with Crippen LogP contribution in [0.5, 0.6) is 0 Å². The van der Waals surface area contributed by atoms with Gasteiger partial charge in [0.15, 0.2) is 0 Å². The molecule has 3 rings (SSSR count). The molecule has 2 heterocycles. The lowest BCUT2D eigenvalue weighted by Gasteiger charge is -2.02. The molecule has 0 bridgehead atoms. The van der Waals surface area contributed by atoms with E-state index < -0.39 is 0 Å². The number of hydrogen-bond donors (Lipinski definition) is 1. The monoisotopic (exact) mass is 271 g/mol. The van der Waals surface area contributed by atoms with Gasteiger partial charge in [-0.15, -0.1) is 0 Å². The Labute approximate surface area is 115 Å². The van der Waals surface area contributed by atoms with Crippen LogP contribution >= 0.6 is 0 Å². The summed E-state index contributed by atoms with van der Waals surface area (Å²) in [5.74, 6) is -0.294. The molecule has 0 fully saturated rings. The Hall–Kier alpha value is -2.47. The van der Waals surface area contributed by atoms with E-state index in [1.54, 1.807) is 21.8 Å². The van der Waals surface area contributed by atoms with Crippen LogP contribution in [0.3, 0.4) is 0 Å². The predicted octanol–water partition coefficient (Wildman–Crippen LogP) is 1.87. The molecule has 0 atom stereocenters. The molecule has 2 N–H and O–H groups in total. The fraction of sp³-hybridized carbons (Fsp3) is 0.143. The molecule has 6 heteroatoms. The van der Waals surface area contributed by atoms with Crippen molar-refractivity contribution in [2.45, 2.75) is 6.54 Å². The molecule has 0 aliphatic rings. The zero-order valence-corrected chi connectivity index (χ0v) is 11.0. The van der Waals surface area contributed by atoms with Crippen LogP contribution in [0.2, 0.25) is 0 Å². The topological polar surface area (TPSA) is 61.7 Å². The smallest absolute Gasteiger partial charge is 0.124 e. The molecule has 0 amide bonds. The van der Waals surface area contributed by atoms with Crippen molar-refractivity contribution in [1.29, 1.82) is 0 Å². The maximum Gasteiger partial charge on any atom is 0.124 e. The molecule has 0 unspecified atom stereocenters. The maximum absolute atomic E-state index is 13.5. The summed E-state index contributed by atoms with van der Waals surface area (Å²) in [4.78, 5) is 0. The Bertz CT molecular complexity index is 744. The first kappa shape index (κ1) is 12.6. The third kappa shape index (κ3) is 2.33. The Morgan fingerprint density at radius 1 is 1.10 bits per heavy atom. The SMILES string of the molecule is Cn1cc(-n2cc(-c3cc(F)cc(CN)c3)cn2)cn1. The summed E-state index contributed by atoms with van der Waals surface area (Å²) in [6.45, 7) is 0.307. The fourth-order valence-electron chi connectivity index (χ4n) is 2.07. The third-order valence-corrected chi connectivity index (χ3v) is 3.06. The van der Waals surface area contributed by atoms with E-state index in [-0.39, 0.29) is 5.82 Å². The Balaban J connectivity index is 1.99. The van der Waals surface area contributed by atoms with Crippen LogP contribution in [0.4, 0.5) is 4.39 Å². The lowest BCUT2D eigenvalue weighted by molar-refractivity contribution is 0.626. The number of nitrogens with two attached hydrogens (primary N) is 1. The van der Waals surface area contributed by atoms with E-state index >= 15 is 0 Å². The Kier molecular flexibility index (Phi) is 3.08. The number of benzene rings is 1. The highest BCUT2D eigenvalue weighted by atomic mass is 19.1. The minimum Gasteiger partial charge on any atom is -0.326 e. The fourth-order valence-corrected chi connectivity index (χ4v) is 2.07. The van der Waals surface area contributed by atoms with Crippen LogP contribution in [-0.4, -0.2) is 19.6 Å². The quantitative estimate of drug-likeness (QED) is 0.791. The second kappa shape index (κ2) is 4.90. The average molecular weight is 271 g/mol. The van der Waals surface area contributed by atoms with Crippen molar-refractivity contribution in [3.63, 3.8) is 0 Å². The Morgan fingerprint density at radius 2 is 1.95 bits per heavy atom. The van der Waals surface area contributed by atoms with E-state index in [2.05, 4.69) is 10.2 Å². The number of hydrogen-bond acceptors (Lipinski definition) is 3. The molecule has 3 aromatic rings. The highest BCUT2D eigenvalue weighted by molar-refractivity contribution is 5.63. The molecule has 0 aliphatic carbocycles. The molecule has 0 aliphatic heterocycles. The highest BCUT2D eigenvalue weighted by Crippen LogP contribution is 2.22. The summed E-state index contributed by atoms with van der Waals surface area (Å²) in [6.07, 6.45) is 7.11. The van der Waals surface area contributed by atoms with Crippen LogP contribution in [-0.2, 0) is 13.6 Å². The van der Waals surface area contributed by atoms with Crippen molar-refractivity contribution >= 4 is 0 Å². The molecule has 0 saturated carbocycles. The number of aryl methyl sites for hydroxylation is 1. The van der Waals surface area contributed by atoms with E-state index in [0.717, 1.165) is 22.4 Å². The van der Waals surface area contributed by atoms with Gasteiger partial charge in [0.05, 0.1) is 18.6 Å². The summed E-state index contributed by atoms with van der Waals surface area (Å²) in [5.41, 5.74) is 8.78. The van der Waals surface area contributed by atoms with Gasteiger partial charge in [0.1, 0.15) is 11.5 Å². The molecule has 0 spiro atoms. The number of nitrogens with zero attached hydrogens (tertiary/aromatic N) is 4. The summed E-state index contributed by atoms with van der Waals surface area (Å²) in [5, 5.41) is 8.37. The standard InChI is InChI=1S/C14H14FN5/c1-19-9-14(7-17-19)20-8-12(6-18-20)11-2-10(5-16)3-13(15)4-11/h2-4,6-9H,5,16H2,1H3. The predicted molar refractivity (Wildman–Crippen MR) is 73.6 cm³/mol. The maximum atomic E-state index is 13.5. The molecule has 0 radical (unpaired) electrons. The molecular weight excluding hydrogens is 257 g/mol. The van der Waals surface area contributed by atoms with Crippen LogP contribution in [0.15, 0.2) is 43.0 Å². The molecule has 1 aromatic carbocycles. The van der Waals surface area contributed by atoms with E-state index in [0.29, 0.717) is 6.54 Å². The minimum absolute atomic E-state index is 0.294. The van der Waals surface area contributed by atoms with Crippen LogP contribution < -0.4 is 5.73 Å². The van der Waals surface area contributed by atoms with E-state index in [4.69, 9.17) is 5.73 Å². The van der Waals surface area contributed by atoms with Gasteiger partial charge in [-0.1, -0.05) is 0 Å². The average Bonchev–Trinajstić information content (AvgIpc) is 3.06. The van der Waals surface area contributed by atoms with Crippen molar-refractivity contribution < 1.29 is 4.39 Å². The number of rotatable bonds is 3. The van der Waals surface area contributed by atoms with Crippen LogP contribution in [0.1, 0.15) is 5.56 Å². The van der Waals surface area contributed by atoms with Gasteiger partial charge in [0.25, 0.3) is 0 Å². The first-order chi connectivity index (χ1) is 9.65. The Morgan fingerprint density at radius 3 is 2.65 bits per heavy atom. The van der Waals surface area contributed by atoms with Crippen molar-refractivity contribution in [3.05, 3.63) is 54.4 Å².